The fourth-order valence-electron chi connectivity index (χ4n) is 5.25. The van der Waals surface area contributed by atoms with Crippen molar-refractivity contribution in [2.75, 3.05) is 15.4 Å². The summed E-state index contributed by atoms with van der Waals surface area (Å²) >= 11 is 0. The fraction of sp³-hybridized carbons (Fsp3) is 0.200. The van der Waals surface area contributed by atoms with Gasteiger partial charge in [-0.3, -0.25) is 10.00 Å². The van der Waals surface area contributed by atoms with Crippen molar-refractivity contribution in [3.63, 3.8) is 0 Å². The first-order chi connectivity index (χ1) is 19.4. The van der Waals surface area contributed by atoms with Crippen molar-refractivity contribution < 1.29 is 4.79 Å². The van der Waals surface area contributed by atoms with Crippen molar-refractivity contribution in [3.8, 4) is 0 Å². The molecule has 2 N–H and O–H groups in total. The van der Waals surface area contributed by atoms with E-state index in [1.807, 2.05) is 37.4 Å². The average molecular weight is 529 g/mol. The lowest BCUT2D eigenvalue weighted by Gasteiger charge is -2.34. The molecule has 0 aliphatic rings. The van der Waals surface area contributed by atoms with E-state index in [0.29, 0.717) is 11.5 Å². The number of hydrogen-bond acceptors (Lipinski definition) is 5. The van der Waals surface area contributed by atoms with Gasteiger partial charge >= 0.3 is 6.03 Å². The Morgan fingerprint density at radius 1 is 0.900 bits per heavy atom. The molecule has 0 aliphatic heterocycles. The van der Waals surface area contributed by atoms with Gasteiger partial charge in [0.15, 0.2) is 0 Å². The molecule has 0 atom stereocenters. The molecule has 200 valence electrons. The highest BCUT2D eigenvalue weighted by atomic mass is 16.2. The number of fused-ring (bicyclic) bond motifs is 1. The number of amides is 2. The molecule has 0 bridgehead atoms. The zero-order valence-corrected chi connectivity index (χ0v) is 23.4. The minimum atomic E-state index is -0.375. The predicted molar refractivity (Wildman–Crippen MR) is 166 cm³/mol. The number of anilines is 3. The Labute approximate surface area is 236 Å². The monoisotopic (exact) mass is 529 g/mol. The van der Waals surface area contributed by atoms with Crippen LogP contribution >= 0.6 is 0 Å². The van der Waals surface area contributed by atoms with Crippen molar-refractivity contribution in [2.45, 2.75) is 33.2 Å². The van der Waals surface area contributed by atoms with E-state index in [0.717, 1.165) is 34.9 Å². The summed E-state index contributed by atoms with van der Waals surface area (Å²) in [5.41, 5.74) is 4.09. The number of rotatable bonds is 9. The van der Waals surface area contributed by atoms with Crippen molar-refractivity contribution >= 4 is 47.8 Å². The quantitative estimate of drug-likeness (QED) is 0.231. The maximum atomic E-state index is 12.6. The number of carbonyl (C=O) groups excluding carboxylic acids is 1. The molecule has 0 saturated heterocycles. The summed E-state index contributed by atoms with van der Waals surface area (Å²) in [7, 11) is 1.80. The maximum Gasteiger partial charge on any atom is 0.324 e. The van der Waals surface area contributed by atoms with Crippen LogP contribution in [-0.4, -0.2) is 39.5 Å². The van der Waals surface area contributed by atoms with Crippen LogP contribution in [-0.2, 0) is 19.7 Å². The van der Waals surface area contributed by atoms with Crippen LogP contribution in [0.2, 0.25) is 13.6 Å². The van der Waals surface area contributed by atoms with Crippen molar-refractivity contribution in [1.82, 2.24) is 19.7 Å². The molecule has 2 amide bonds. The van der Waals surface area contributed by atoms with Gasteiger partial charge in [0, 0.05) is 30.5 Å². The Bertz CT molecular complexity index is 1550. The molecular formula is C30H33B2N7O. The molecule has 40 heavy (non-hydrogen) atoms. The summed E-state index contributed by atoms with van der Waals surface area (Å²) < 4.78 is 4.06. The number of urea groups is 1. The number of pyridine rings is 2. The topological polar surface area (TPSA) is 88.0 Å². The van der Waals surface area contributed by atoms with E-state index in [9.17, 15) is 4.79 Å². The number of aryl methyl sites for hydroxylation is 2. The number of carbonyl (C=O) groups is 1. The van der Waals surface area contributed by atoms with Gasteiger partial charge in [0.25, 0.3) is 0 Å². The summed E-state index contributed by atoms with van der Waals surface area (Å²) in [5.74, 6) is 1.37. The number of nitrogens with zero attached hydrogens (tertiary/aromatic N) is 5. The second-order valence-electron chi connectivity index (χ2n) is 10.3. The first-order valence-electron chi connectivity index (χ1n) is 13.6. The molecule has 8 nitrogen and oxygen atoms in total. The molecule has 3 heterocycles. The van der Waals surface area contributed by atoms with Crippen molar-refractivity contribution in [2.24, 2.45) is 7.05 Å². The van der Waals surface area contributed by atoms with Crippen LogP contribution in [0.1, 0.15) is 16.8 Å². The van der Waals surface area contributed by atoms with E-state index >= 15 is 0 Å². The SMILES string of the molecule is CB(Cc1ccccc1)N(B(C)Cc1ccccc1)c1nc(C)cc2cc(NC(=O)Nc3cnn(C)c3)ncc12. The van der Waals surface area contributed by atoms with E-state index in [-0.39, 0.29) is 19.7 Å². The number of hydrogen-bond donors (Lipinski definition) is 2. The van der Waals surface area contributed by atoms with Crippen LogP contribution < -0.4 is 15.4 Å². The molecule has 0 unspecified atom stereocenters. The Morgan fingerprint density at radius 3 is 2.10 bits per heavy atom. The smallest absolute Gasteiger partial charge is 0.324 e. The summed E-state index contributed by atoms with van der Waals surface area (Å²) in [6.45, 7) is 6.89. The molecular weight excluding hydrogens is 496 g/mol. The van der Waals surface area contributed by atoms with Crippen molar-refractivity contribution in [3.05, 3.63) is 108 Å². The zero-order valence-electron chi connectivity index (χ0n) is 23.4. The number of benzene rings is 2. The molecule has 5 rings (SSSR count). The van der Waals surface area contributed by atoms with Crippen molar-refractivity contribution in [1.29, 1.82) is 0 Å². The van der Waals surface area contributed by atoms with Crippen LogP contribution in [0.4, 0.5) is 22.1 Å². The van der Waals surface area contributed by atoms with Gasteiger partial charge in [0.1, 0.15) is 11.6 Å². The number of nitrogens with one attached hydrogen (secondary N) is 2. The van der Waals surface area contributed by atoms with Gasteiger partial charge in [0.05, 0.1) is 11.9 Å². The molecule has 3 aromatic heterocycles. The minimum absolute atomic E-state index is 0.182. The molecule has 0 radical (unpaired) electrons. The van der Waals surface area contributed by atoms with Gasteiger partial charge < -0.3 is 10.0 Å². The fourth-order valence-corrected chi connectivity index (χ4v) is 5.25. The third kappa shape index (κ3) is 6.51. The average Bonchev–Trinajstić information content (AvgIpc) is 3.33. The van der Waals surface area contributed by atoms with E-state index in [1.54, 1.807) is 24.1 Å². The Hall–Kier alpha value is -4.59. The third-order valence-corrected chi connectivity index (χ3v) is 6.97. The van der Waals surface area contributed by atoms with Crippen LogP contribution in [0, 0.1) is 6.92 Å². The Morgan fingerprint density at radius 2 is 1.52 bits per heavy atom. The summed E-state index contributed by atoms with van der Waals surface area (Å²) in [6, 6.07) is 24.7. The van der Waals surface area contributed by atoms with Gasteiger partial charge in [-0.05, 0) is 37.1 Å². The Kier molecular flexibility index (Phi) is 8.15. The van der Waals surface area contributed by atoms with Crippen LogP contribution in [0.25, 0.3) is 10.8 Å². The first-order valence-corrected chi connectivity index (χ1v) is 13.6. The highest BCUT2D eigenvalue weighted by Gasteiger charge is 2.29. The van der Waals surface area contributed by atoms with Crippen LogP contribution in [0.15, 0.2) is 91.4 Å². The molecule has 0 fully saturated rings. The minimum Gasteiger partial charge on any atom is -0.444 e. The van der Waals surface area contributed by atoms with Gasteiger partial charge in [0.2, 0.25) is 13.7 Å². The summed E-state index contributed by atoms with van der Waals surface area (Å²) in [6.07, 6.45) is 6.92. The molecule has 5 aromatic rings. The van der Waals surface area contributed by atoms with Gasteiger partial charge in [-0.25, -0.2) is 14.8 Å². The lowest BCUT2D eigenvalue weighted by atomic mass is 9.45. The van der Waals surface area contributed by atoms with Gasteiger partial charge in [-0.2, -0.15) is 5.10 Å². The van der Waals surface area contributed by atoms with E-state index in [4.69, 9.17) is 4.98 Å². The van der Waals surface area contributed by atoms with E-state index < -0.39 is 0 Å². The van der Waals surface area contributed by atoms with Crippen LogP contribution in [0.3, 0.4) is 0 Å². The molecule has 2 aromatic carbocycles. The lowest BCUT2D eigenvalue weighted by molar-refractivity contribution is 0.262. The molecule has 0 saturated carbocycles. The highest BCUT2D eigenvalue weighted by Crippen LogP contribution is 2.30. The summed E-state index contributed by atoms with van der Waals surface area (Å²) in [4.78, 5) is 22.2. The largest absolute Gasteiger partial charge is 0.444 e. The maximum absolute atomic E-state index is 12.6. The number of aromatic nitrogens is 4. The predicted octanol–water partition coefficient (Wildman–Crippen LogP) is 5.93. The normalized spacial score (nSPS) is 10.8. The second kappa shape index (κ2) is 12.1. The molecule has 0 spiro atoms. The Balaban J connectivity index is 1.47. The summed E-state index contributed by atoms with van der Waals surface area (Å²) in [5, 5.41) is 11.6. The molecule has 0 aliphatic carbocycles. The van der Waals surface area contributed by atoms with Crippen LogP contribution in [0.5, 0.6) is 0 Å². The second-order valence-corrected chi connectivity index (χ2v) is 10.3. The highest BCUT2D eigenvalue weighted by molar-refractivity contribution is 6.82. The first kappa shape index (κ1) is 27.0. The standard InChI is InChI=1S/C30H33B2N7O/c1-22-15-25-16-28(37-30(40)36-26-19-34-38(4)21-26)33-20-27(25)29(35-22)39(31(2)17-23-11-7-5-8-12-23)32(3)18-24-13-9-6-10-14-24/h5-16,19-21H,17-18H2,1-4H3,(H2,33,36,37,40). The third-order valence-electron chi connectivity index (χ3n) is 6.97. The lowest BCUT2D eigenvalue weighted by Crippen LogP contribution is -2.50. The molecule has 10 heteroatoms. The van der Waals surface area contributed by atoms with Gasteiger partial charge in [-0.1, -0.05) is 85.4 Å². The van der Waals surface area contributed by atoms with E-state index in [1.165, 1.54) is 11.1 Å². The van der Waals surface area contributed by atoms with Gasteiger partial charge in [-0.15, -0.1) is 0 Å². The zero-order chi connectivity index (χ0) is 28.1. The van der Waals surface area contributed by atoms with E-state index in [2.05, 4.69) is 87.6 Å².